The van der Waals surface area contributed by atoms with Gasteiger partial charge in [-0.15, -0.1) is 22.7 Å². The molecule has 0 spiro atoms. The predicted molar refractivity (Wildman–Crippen MR) is 94.2 cm³/mol. The van der Waals surface area contributed by atoms with Gasteiger partial charge in [0.25, 0.3) is 0 Å². The second-order valence-corrected chi connectivity index (χ2v) is 8.53. The highest BCUT2D eigenvalue weighted by Crippen LogP contribution is 2.32. The lowest BCUT2D eigenvalue weighted by molar-refractivity contribution is 0.214. The molecule has 0 bridgehead atoms. The zero-order valence-electron chi connectivity index (χ0n) is 12.9. The molecule has 1 aliphatic rings. The molecular formula is C18H25NS2. The molecule has 21 heavy (non-hydrogen) atoms. The Bertz CT molecular complexity index is 517. The maximum Gasteiger partial charge on any atom is 0.0465 e. The molecule has 0 radical (unpaired) electrons. The Kier molecular flexibility index (Phi) is 5.15. The van der Waals surface area contributed by atoms with E-state index in [4.69, 9.17) is 0 Å². The Morgan fingerprint density at radius 1 is 1.14 bits per heavy atom. The summed E-state index contributed by atoms with van der Waals surface area (Å²) in [5, 5.41) is 8.37. The van der Waals surface area contributed by atoms with E-state index in [1.165, 1.54) is 29.0 Å². The molecule has 1 fully saturated rings. The van der Waals surface area contributed by atoms with Gasteiger partial charge in [0.1, 0.15) is 0 Å². The summed E-state index contributed by atoms with van der Waals surface area (Å²) in [5.41, 5.74) is 0. The van der Waals surface area contributed by atoms with Crippen molar-refractivity contribution in [2.75, 3.05) is 0 Å². The predicted octanol–water partition coefficient (Wildman–Crippen LogP) is 5.51. The lowest BCUT2D eigenvalue weighted by atomic mass is 9.79. The summed E-state index contributed by atoms with van der Waals surface area (Å²) in [7, 11) is 0. The second-order valence-electron chi connectivity index (χ2n) is 6.52. The molecule has 1 N–H and O–H groups in total. The molecule has 1 saturated carbocycles. The van der Waals surface area contributed by atoms with Crippen molar-refractivity contribution in [1.29, 1.82) is 0 Å². The van der Waals surface area contributed by atoms with Crippen molar-refractivity contribution in [2.45, 2.75) is 51.6 Å². The summed E-state index contributed by atoms with van der Waals surface area (Å²) >= 11 is 3.76. The molecule has 0 aromatic carbocycles. The number of nitrogens with one attached hydrogen (secondary N) is 1. The van der Waals surface area contributed by atoms with Gasteiger partial charge in [0.15, 0.2) is 0 Å². The van der Waals surface area contributed by atoms with Crippen molar-refractivity contribution < 1.29 is 0 Å². The minimum Gasteiger partial charge on any atom is -0.306 e. The summed E-state index contributed by atoms with van der Waals surface area (Å²) in [6.45, 7) is 4.82. The van der Waals surface area contributed by atoms with E-state index in [0.717, 1.165) is 18.3 Å². The van der Waals surface area contributed by atoms with Gasteiger partial charge in [0.05, 0.1) is 0 Å². The maximum atomic E-state index is 3.98. The van der Waals surface area contributed by atoms with Crippen LogP contribution in [0.4, 0.5) is 0 Å². The fourth-order valence-electron chi connectivity index (χ4n) is 3.53. The van der Waals surface area contributed by atoms with E-state index in [0.29, 0.717) is 12.1 Å². The van der Waals surface area contributed by atoms with Crippen molar-refractivity contribution in [2.24, 2.45) is 11.8 Å². The summed E-state index contributed by atoms with van der Waals surface area (Å²) in [5.74, 6) is 1.69. The topological polar surface area (TPSA) is 12.0 Å². The highest BCUT2D eigenvalue weighted by Gasteiger charge is 2.28. The van der Waals surface area contributed by atoms with Gasteiger partial charge >= 0.3 is 0 Å². The van der Waals surface area contributed by atoms with Crippen molar-refractivity contribution >= 4 is 22.7 Å². The van der Waals surface area contributed by atoms with E-state index in [-0.39, 0.29) is 0 Å². The van der Waals surface area contributed by atoms with Gasteiger partial charge in [0.2, 0.25) is 0 Å². The van der Waals surface area contributed by atoms with E-state index in [1.54, 1.807) is 0 Å². The zero-order chi connectivity index (χ0) is 14.7. The second kappa shape index (κ2) is 7.08. The van der Waals surface area contributed by atoms with Crippen LogP contribution in [-0.2, 0) is 6.42 Å². The highest BCUT2D eigenvalue weighted by molar-refractivity contribution is 7.10. The average Bonchev–Trinajstić information content (AvgIpc) is 3.13. The van der Waals surface area contributed by atoms with Gasteiger partial charge in [-0.3, -0.25) is 0 Å². The molecule has 3 rings (SSSR count). The Morgan fingerprint density at radius 2 is 1.95 bits per heavy atom. The number of thiophene rings is 2. The van der Waals surface area contributed by atoms with Crippen LogP contribution in [0.2, 0.25) is 0 Å². The minimum absolute atomic E-state index is 0.476. The molecule has 2 heterocycles. The van der Waals surface area contributed by atoms with Crippen LogP contribution in [0.1, 0.15) is 48.9 Å². The molecule has 114 valence electrons. The third-order valence-electron chi connectivity index (χ3n) is 4.72. The molecule has 2 aromatic rings. The maximum absolute atomic E-state index is 3.98. The van der Waals surface area contributed by atoms with Crippen molar-refractivity contribution in [3.05, 3.63) is 44.8 Å². The summed E-state index contributed by atoms with van der Waals surface area (Å²) < 4.78 is 0. The zero-order valence-corrected chi connectivity index (χ0v) is 14.6. The standard InChI is InChI=1S/C18H25NS2/c1-13-7-8-16(14(2)11-13)19-17(18-6-4-10-21-18)12-15-5-3-9-20-15/h3-6,9-10,13-14,16-17,19H,7-8,11-12H2,1-2H3. The highest BCUT2D eigenvalue weighted by atomic mass is 32.1. The molecule has 0 saturated heterocycles. The minimum atomic E-state index is 0.476. The third-order valence-corrected chi connectivity index (χ3v) is 6.60. The largest absolute Gasteiger partial charge is 0.306 e. The van der Waals surface area contributed by atoms with Crippen LogP contribution in [0.3, 0.4) is 0 Å². The van der Waals surface area contributed by atoms with Crippen LogP contribution in [0.5, 0.6) is 0 Å². The van der Waals surface area contributed by atoms with E-state index >= 15 is 0 Å². The quantitative estimate of drug-likeness (QED) is 0.766. The monoisotopic (exact) mass is 319 g/mol. The Labute approximate surface area is 136 Å². The van der Waals surface area contributed by atoms with Gasteiger partial charge in [-0.05, 0) is 54.0 Å². The fourth-order valence-corrected chi connectivity index (χ4v) is 5.07. The van der Waals surface area contributed by atoms with Crippen molar-refractivity contribution in [3.8, 4) is 0 Å². The SMILES string of the molecule is CC1CCC(NC(Cc2cccs2)c2cccs2)C(C)C1. The summed E-state index contributed by atoms with van der Waals surface area (Å²) in [6.07, 6.45) is 5.19. The first-order valence-corrected chi connectivity index (χ1v) is 9.80. The van der Waals surface area contributed by atoms with Gasteiger partial charge in [-0.2, -0.15) is 0 Å². The Hall–Kier alpha value is -0.640. The normalized spacial score (nSPS) is 27.6. The van der Waals surface area contributed by atoms with E-state index in [9.17, 15) is 0 Å². The van der Waals surface area contributed by atoms with Crippen LogP contribution in [0.15, 0.2) is 35.0 Å². The molecule has 0 aliphatic heterocycles. The molecule has 4 atom stereocenters. The van der Waals surface area contributed by atoms with E-state index in [1.807, 2.05) is 22.7 Å². The van der Waals surface area contributed by atoms with Gasteiger partial charge in [0, 0.05) is 28.3 Å². The third kappa shape index (κ3) is 3.97. The first kappa shape index (κ1) is 15.3. The lowest BCUT2D eigenvalue weighted by Gasteiger charge is -2.35. The van der Waals surface area contributed by atoms with Gasteiger partial charge in [-0.25, -0.2) is 0 Å². The first-order valence-electron chi connectivity index (χ1n) is 8.04. The molecule has 1 aliphatic carbocycles. The Morgan fingerprint density at radius 3 is 2.62 bits per heavy atom. The summed E-state index contributed by atoms with van der Waals surface area (Å²) in [6, 6.07) is 10.0. The molecule has 2 aromatic heterocycles. The summed E-state index contributed by atoms with van der Waals surface area (Å²) in [4.78, 5) is 2.96. The van der Waals surface area contributed by atoms with Crippen LogP contribution in [0, 0.1) is 11.8 Å². The average molecular weight is 320 g/mol. The van der Waals surface area contributed by atoms with Crippen molar-refractivity contribution in [1.82, 2.24) is 5.32 Å². The number of rotatable bonds is 5. The van der Waals surface area contributed by atoms with Gasteiger partial charge in [-0.1, -0.05) is 26.0 Å². The van der Waals surface area contributed by atoms with E-state index < -0.39 is 0 Å². The number of hydrogen-bond donors (Lipinski definition) is 1. The lowest BCUT2D eigenvalue weighted by Crippen LogP contribution is -2.41. The van der Waals surface area contributed by atoms with Crippen LogP contribution in [0.25, 0.3) is 0 Å². The van der Waals surface area contributed by atoms with Crippen LogP contribution >= 0.6 is 22.7 Å². The first-order chi connectivity index (χ1) is 10.2. The molecule has 0 amide bonds. The molecule has 3 heteroatoms. The molecular weight excluding hydrogens is 294 g/mol. The van der Waals surface area contributed by atoms with E-state index in [2.05, 4.69) is 54.2 Å². The van der Waals surface area contributed by atoms with Crippen LogP contribution in [-0.4, -0.2) is 6.04 Å². The number of hydrogen-bond acceptors (Lipinski definition) is 3. The molecule has 4 unspecified atom stereocenters. The van der Waals surface area contributed by atoms with Gasteiger partial charge < -0.3 is 5.32 Å². The fraction of sp³-hybridized carbons (Fsp3) is 0.556. The molecule has 1 nitrogen and oxygen atoms in total. The Balaban J connectivity index is 1.70. The van der Waals surface area contributed by atoms with Crippen LogP contribution < -0.4 is 5.32 Å². The smallest absolute Gasteiger partial charge is 0.0465 e. The van der Waals surface area contributed by atoms with Crippen molar-refractivity contribution in [3.63, 3.8) is 0 Å².